The van der Waals surface area contributed by atoms with Gasteiger partial charge in [-0.1, -0.05) is 18.2 Å². The summed E-state index contributed by atoms with van der Waals surface area (Å²) in [6.07, 6.45) is 1.16. The number of hydrogen-bond acceptors (Lipinski definition) is 4. The van der Waals surface area contributed by atoms with Gasteiger partial charge in [-0.3, -0.25) is 9.78 Å². The standard InChI is InChI=1S/C25H26F3N3O2/c1-23(33,25(26,27)28)18-7-5-17(6-8-18)22(32)31(19-9-10-19)20-11-13-24(16-29,14-12-20)21-4-2-3-15-30-21/h2-8,15,19-20,33H,9-14H2,1H3/t20-,23-,24-/m0/s1. The number of amides is 1. The summed E-state index contributed by atoms with van der Waals surface area (Å²) in [7, 11) is 0. The number of carbonyl (C=O) groups is 1. The van der Waals surface area contributed by atoms with Crippen molar-refractivity contribution >= 4 is 5.91 Å². The lowest BCUT2D eigenvalue weighted by atomic mass is 9.71. The molecular weight excluding hydrogens is 431 g/mol. The molecule has 8 heteroatoms. The number of pyridine rings is 1. The molecule has 1 heterocycles. The van der Waals surface area contributed by atoms with E-state index in [1.54, 1.807) is 6.20 Å². The predicted octanol–water partition coefficient (Wildman–Crippen LogP) is 4.86. The third kappa shape index (κ3) is 4.34. The van der Waals surface area contributed by atoms with Crippen molar-refractivity contribution in [1.29, 1.82) is 5.26 Å². The van der Waals surface area contributed by atoms with E-state index in [-0.39, 0.29) is 23.6 Å². The Morgan fingerprint density at radius 2 is 1.70 bits per heavy atom. The molecular formula is C25H26F3N3O2. The van der Waals surface area contributed by atoms with Gasteiger partial charge in [-0.15, -0.1) is 0 Å². The Morgan fingerprint density at radius 1 is 1.09 bits per heavy atom. The van der Waals surface area contributed by atoms with Crippen molar-refractivity contribution in [1.82, 2.24) is 9.88 Å². The summed E-state index contributed by atoms with van der Waals surface area (Å²) in [6.45, 7) is 0.700. The maximum atomic E-state index is 13.3. The molecule has 174 valence electrons. The highest BCUT2D eigenvalue weighted by Gasteiger charge is 2.51. The van der Waals surface area contributed by atoms with E-state index in [1.807, 2.05) is 23.1 Å². The molecule has 2 fully saturated rings. The van der Waals surface area contributed by atoms with E-state index in [0.29, 0.717) is 38.2 Å². The zero-order valence-corrected chi connectivity index (χ0v) is 18.3. The number of nitriles is 1. The molecule has 0 aliphatic heterocycles. The van der Waals surface area contributed by atoms with Crippen LogP contribution >= 0.6 is 0 Å². The van der Waals surface area contributed by atoms with Crippen molar-refractivity contribution in [2.45, 2.75) is 74.7 Å². The predicted molar refractivity (Wildman–Crippen MR) is 115 cm³/mol. The Balaban J connectivity index is 1.51. The third-order valence-corrected chi connectivity index (χ3v) is 6.99. The number of rotatable bonds is 5. The van der Waals surface area contributed by atoms with Crippen LogP contribution in [0.5, 0.6) is 0 Å². The second kappa shape index (κ2) is 8.45. The lowest BCUT2D eigenvalue weighted by molar-refractivity contribution is -0.258. The summed E-state index contributed by atoms with van der Waals surface area (Å²) in [5.41, 5.74) is -2.91. The molecule has 33 heavy (non-hydrogen) atoms. The monoisotopic (exact) mass is 457 g/mol. The Labute approximate surface area is 190 Å². The van der Waals surface area contributed by atoms with Crippen LogP contribution < -0.4 is 0 Å². The van der Waals surface area contributed by atoms with Gasteiger partial charge in [0, 0.05) is 23.8 Å². The number of hydrogen-bond donors (Lipinski definition) is 1. The summed E-state index contributed by atoms with van der Waals surface area (Å²) >= 11 is 0. The number of benzene rings is 1. The van der Waals surface area contributed by atoms with Gasteiger partial charge in [-0.2, -0.15) is 18.4 Å². The number of aliphatic hydroxyl groups is 1. The minimum Gasteiger partial charge on any atom is -0.376 e. The van der Waals surface area contributed by atoms with Crippen LogP contribution in [0.2, 0.25) is 0 Å². The number of carbonyl (C=O) groups excluding carboxylic acids is 1. The van der Waals surface area contributed by atoms with Crippen molar-refractivity contribution in [2.24, 2.45) is 0 Å². The fourth-order valence-corrected chi connectivity index (χ4v) is 4.68. The fourth-order valence-electron chi connectivity index (χ4n) is 4.68. The molecule has 0 saturated heterocycles. The Morgan fingerprint density at radius 3 is 2.18 bits per heavy atom. The van der Waals surface area contributed by atoms with E-state index in [1.165, 1.54) is 12.1 Å². The van der Waals surface area contributed by atoms with E-state index < -0.39 is 17.2 Å². The smallest absolute Gasteiger partial charge is 0.376 e. The summed E-state index contributed by atoms with van der Waals surface area (Å²) in [4.78, 5) is 19.6. The summed E-state index contributed by atoms with van der Waals surface area (Å²) < 4.78 is 39.4. The van der Waals surface area contributed by atoms with E-state index in [2.05, 4.69) is 11.1 Å². The van der Waals surface area contributed by atoms with E-state index >= 15 is 0 Å². The highest BCUT2D eigenvalue weighted by molar-refractivity contribution is 5.95. The van der Waals surface area contributed by atoms with Gasteiger partial charge in [0.2, 0.25) is 0 Å². The maximum Gasteiger partial charge on any atom is 0.421 e. The zero-order chi connectivity index (χ0) is 23.9. The number of alkyl halides is 3. The van der Waals surface area contributed by atoms with Crippen LogP contribution in [0, 0.1) is 11.3 Å². The quantitative estimate of drug-likeness (QED) is 0.696. The highest BCUT2D eigenvalue weighted by Crippen LogP contribution is 2.43. The van der Waals surface area contributed by atoms with E-state index in [4.69, 9.17) is 0 Å². The van der Waals surface area contributed by atoms with Crippen LogP contribution in [0.25, 0.3) is 0 Å². The first-order chi connectivity index (χ1) is 15.6. The van der Waals surface area contributed by atoms with Crippen LogP contribution in [-0.2, 0) is 11.0 Å². The molecule has 2 aromatic rings. The molecule has 2 saturated carbocycles. The molecule has 4 rings (SSSR count). The molecule has 0 spiro atoms. The van der Waals surface area contributed by atoms with Crippen LogP contribution in [0.15, 0.2) is 48.7 Å². The average molecular weight is 457 g/mol. The number of halogens is 3. The summed E-state index contributed by atoms with van der Waals surface area (Å²) in [6, 6.07) is 13.1. The van der Waals surface area contributed by atoms with Crippen LogP contribution in [0.4, 0.5) is 13.2 Å². The van der Waals surface area contributed by atoms with Crippen molar-refractivity contribution in [3.63, 3.8) is 0 Å². The van der Waals surface area contributed by atoms with Gasteiger partial charge >= 0.3 is 6.18 Å². The second-order valence-electron chi connectivity index (χ2n) is 9.23. The number of nitrogens with zero attached hydrogens (tertiary/aromatic N) is 3. The first-order valence-electron chi connectivity index (χ1n) is 11.1. The molecule has 5 nitrogen and oxygen atoms in total. The van der Waals surface area contributed by atoms with Gasteiger partial charge in [-0.05, 0) is 75.3 Å². The van der Waals surface area contributed by atoms with E-state index in [0.717, 1.165) is 30.7 Å². The Bertz CT molecular complexity index is 1030. The molecule has 1 amide bonds. The highest BCUT2D eigenvalue weighted by atomic mass is 19.4. The van der Waals surface area contributed by atoms with Crippen molar-refractivity contribution < 1.29 is 23.1 Å². The van der Waals surface area contributed by atoms with Gasteiger partial charge in [0.05, 0.1) is 17.2 Å². The number of aromatic nitrogens is 1. The molecule has 0 unspecified atom stereocenters. The van der Waals surface area contributed by atoms with Crippen LogP contribution in [-0.4, -0.2) is 39.2 Å². The lowest BCUT2D eigenvalue weighted by Gasteiger charge is -2.40. The van der Waals surface area contributed by atoms with Crippen LogP contribution in [0.3, 0.4) is 0 Å². The third-order valence-electron chi connectivity index (χ3n) is 6.99. The van der Waals surface area contributed by atoms with Gasteiger partial charge in [0.1, 0.15) is 0 Å². The summed E-state index contributed by atoms with van der Waals surface area (Å²) in [5, 5.41) is 19.8. The first kappa shape index (κ1) is 23.2. The van der Waals surface area contributed by atoms with Crippen molar-refractivity contribution in [3.05, 3.63) is 65.5 Å². The molecule has 1 aromatic heterocycles. The maximum absolute atomic E-state index is 13.3. The fraction of sp³-hybridized carbons (Fsp3) is 0.480. The molecule has 0 bridgehead atoms. The Hall–Kier alpha value is -2.92. The largest absolute Gasteiger partial charge is 0.421 e. The van der Waals surface area contributed by atoms with E-state index in [9.17, 15) is 28.3 Å². The van der Waals surface area contributed by atoms with Gasteiger partial charge in [0.15, 0.2) is 5.60 Å². The van der Waals surface area contributed by atoms with Crippen LogP contribution in [0.1, 0.15) is 67.1 Å². The molecule has 0 radical (unpaired) electrons. The molecule has 1 aromatic carbocycles. The first-order valence-corrected chi connectivity index (χ1v) is 11.1. The van der Waals surface area contributed by atoms with Crippen molar-refractivity contribution in [2.75, 3.05) is 0 Å². The second-order valence-corrected chi connectivity index (χ2v) is 9.23. The SMILES string of the molecule is C[C@](O)(c1ccc(C(=O)N(C2CC2)[C@H]2CC[C@](C#N)(c3ccccn3)CC2)cc1)C(F)(F)F. The topological polar surface area (TPSA) is 77.2 Å². The molecule has 2 aliphatic carbocycles. The van der Waals surface area contributed by atoms with Gasteiger partial charge < -0.3 is 10.0 Å². The minimum absolute atomic E-state index is 0.0341. The average Bonchev–Trinajstić information content (AvgIpc) is 3.65. The van der Waals surface area contributed by atoms with Gasteiger partial charge in [0.25, 0.3) is 5.91 Å². The lowest BCUT2D eigenvalue weighted by Crippen LogP contribution is -2.46. The molecule has 1 atom stereocenters. The minimum atomic E-state index is -4.82. The molecule has 1 N–H and O–H groups in total. The zero-order valence-electron chi connectivity index (χ0n) is 18.3. The Kier molecular flexibility index (Phi) is 5.95. The van der Waals surface area contributed by atoms with Gasteiger partial charge in [-0.25, -0.2) is 0 Å². The molecule has 2 aliphatic rings. The summed E-state index contributed by atoms with van der Waals surface area (Å²) in [5.74, 6) is -0.219. The van der Waals surface area contributed by atoms with Crippen molar-refractivity contribution in [3.8, 4) is 6.07 Å². The normalized spacial score (nSPS) is 25.0.